The van der Waals surface area contributed by atoms with Crippen LogP contribution in [0.3, 0.4) is 0 Å². The lowest BCUT2D eigenvalue weighted by molar-refractivity contribution is 0.0914. The summed E-state index contributed by atoms with van der Waals surface area (Å²) in [6.07, 6.45) is 7.33. The summed E-state index contributed by atoms with van der Waals surface area (Å²) in [5.74, 6) is 0.148. The maximum atomic E-state index is 12.6. The van der Waals surface area contributed by atoms with Crippen molar-refractivity contribution in [1.82, 2.24) is 5.32 Å². The van der Waals surface area contributed by atoms with Crippen LogP contribution >= 0.6 is 12.4 Å². The third kappa shape index (κ3) is 5.58. The molecule has 1 atom stereocenters. The van der Waals surface area contributed by atoms with Gasteiger partial charge in [0.15, 0.2) is 5.76 Å². The van der Waals surface area contributed by atoms with Gasteiger partial charge in [0, 0.05) is 23.8 Å². The smallest absolute Gasteiger partial charge is 0.291 e. The molecule has 1 fully saturated rings. The average molecular weight is 392 g/mol. The number of nitrogens with one attached hydrogen (secondary N) is 2. The number of amides is 2. The number of anilines is 1. The van der Waals surface area contributed by atoms with Gasteiger partial charge in [-0.15, -0.1) is 12.4 Å². The van der Waals surface area contributed by atoms with E-state index in [1.165, 1.54) is 25.5 Å². The van der Waals surface area contributed by atoms with Crippen LogP contribution in [0.5, 0.6) is 0 Å². The van der Waals surface area contributed by atoms with Gasteiger partial charge in [-0.2, -0.15) is 0 Å². The van der Waals surface area contributed by atoms with E-state index < -0.39 is 0 Å². The fourth-order valence-corrected chi connectivity index (χ4v) is 3.50. The van der Waals surface area contributed by atoms with Crippen LogP contribution in [0.4, 0.5) is 5.69 Å². The van der Waals surface area contributed by atoms with Crippen molar-refractivity contribution < 1.29 is 14.0 Å². The second-order valence-corrected chi connectivity index (χ2v) is 6.73. The highest BCUT2D eigenvalue weighted by atomic mass is 35.5. The van der Waals surface area contributed by atoms with Crippen molar-refractivity contribution >= 4 is 29.9 Å². The summed E-state index contributed by atoms with van der Waals surface area (Å²) >= 11 is 0. The van der Waals surface area contributed by atoms with Crippen LogP contribution < -0.4 is 16.4 Å². The third-order valence-electron chi connectivity index (χ3n) is 4.92. The predicted octanol–water partition coefficient (Wildman–Crippen LogP) is 3.59. The van der Waals surface area contributed by atoms with Gasteiger partial charge in [-0.25, -0.2) is 0 Å². The van der Waals surface area contributed by atoms with E-state index in [4.69, 9.17) is 10.2 Å². The van der Waals surface area contributed by atoms with Crippen LogP contribution in [0.15, 0.2) is 47.1 Å². The Bertz CT molecular complexity index is 743. The van der Waals surface area contributed by atoms with Crippen LogP contribution in [0, 0.1) is 5.92 Å². The summed E-state index contributed by atoms with van der Waals surface area (Å²) in [5, 5.41) is 5.80. The van der Waals surface area contributed by atoms with Gasteiger partial charge in [0.25, 0.3) is 11.8 Å². The van der Waals surface area contributed by atoms with Crippen LogP contribution in [0.25, 0.3) is 0 Å². The molecule has 0 aliphatic heterocycles. The average Bonchev–Trinajstić information content (AvgIpc) is 3.22. The molecular formula is C20H26ClN3O3. The quantitative estimate of drug-likeness (QED) is 0.700. The highest BCUT2D eigenvalue weighted by molar-refractivity contribution is 6.03. The molecule has 1 saturated carbocycles. The summed E-state index contributed by atoms with van der Waals surface area (Å²) in [6.45, 7) is 0.436. The van der Waals surface area contributed by atoms with Crippen LogP contribution in [-0.4, -0.2) is 24.4 Å². The van der Waals surface area contributed by atoms with Gasteiger partial charge in [-0.1, -0.05) is 25.3 Å². The lowest BCUT2D eigenvalue weighted by Crippen LogP contribution is -2.45. The Balaban J connectivity index is 0.00000261. The van der Waals surface area contributed by atoms with Gasteiger partial charge >= 0.3 is 0 Å². The molecule has 0 bridgehead atoms. The van der Waals surface area contributed by atoms with E-state index >= 15 is 0 Å². The van der Waals surface area contributed by atoms with E-state index in [2.05, 4.69) is 10.6 Å². The Labute approximate surface area is 165 Å². The topological polar surface area (TPSA) is 97.4 Å². The maximum Gasteiger partial charge on any atom is 0.291 e. The SMILES string of the molecule is Cl.NCC(NC(=O)c1cccc(NC(=O)c2ccco2)c1)C1CCCCC1. The minimum atomic E-state index is -0.352. The molecule has 0 spiro atoms. The molecule has 4 N–H and O–H groups in total. The predicted molar refractivity (Wildman–Crippen MR) is 107 cm³/mol. The number of halogens is 1. The lowest BCUT2D eigenvalue weighted by atomic mass is 9.84. The summed E-state index contributed by atoms with van der Waals surface area (Å²) in [6, 6.07) is 10.1. The number of carbonyl (C=O) groups excluding carboxylic acids is 2. The molecule has 146 valence electrons. The molecule has 2 aromatic rings. The van der Waals surface area contributed by atoms with Gasteiger partial charge in [0.1, 0.15) is 0 Å². The van der Waals surface area contributed by atoms with Crippen molar-refractivity contribution in [3.63, 3.8) is 0 Å². The van der Waals surface area contributed by atoms with E-state index in [0.717, 1.165) is 12.8 Å². The van der Waals surface area contributed by atoms with Crippen LogP contribution in [-0.2, 0) is 0 Å². The van der Waals surface area contributed by atoms with Gasteiger partial charge in [0.2, 0.25) is 0 Å². The van der Waals surface area contributed by atoms with Crippen molar-refractivity contribution in [3.8, 4) is 0 Å². The maximum absolute atomic E-state index is 12.6. The molecule has 27 heavy (non-hydrogen) atoms. The number of rotatable bonds is 6. The fourth-order valence-electron chi connectivity index (χ4n) is 3.50. The van der Waals surface area contributed by atoms with Gasteiger partial charge in [-0.05, 0) is 49.1 Å². The Morgan fingerprint density at radius 3 is 2.56 bits per heavy atom. The molecule has 6 nitrogen and oxygen atoms in total. The Hall–Kier alpha value is -2.31. The first-order chi connectivity index (χ1) is 12.7. The number of carbonyl (C=O) groups is 2. The zero-order valence-electron chi connectivity index (χ0n) is 15.1. The van der Waals surface area contributed by atoms with E-state index in [1.54, 1.807) is 36.4 Å². The Morgan fingerprint density at radius 2 is 1.89 bits per heavy atom. The number of hydrogen-bond acceptors (Lipinski definition) is 4. The normalized spacial score (nSPS) is 15.4. The van der Waals surface area contributed by atoms with E-state index in [9.17, 15) is 9.59 Å². The first-order valence-electron chi connectivity index (χ1n) is 9.13. The molecular weight excluding hydrogens is 366 g/mol. The Kier molecular flexibility index (Phi) is 7.88. The van der Waals surface area contributed by atoms with Crippen molar-refractivity contribution in [2.45, 2.75) is 38.1 Å². The fraction of sp³-hybridized carbons (Fsp3) is 0.400. The summed E-state index contributed by atoms with van der Waals surface area (Å²) in [5.41, 5.74) is 6.94. The molecule has 0 saturated heterocycles. The largest absolute Gasteiger partial charge is 0.459 e. The van der Waals surface area contributed by atoms with Crippen LogP contribution in [0.2, 0.25) is 0 Å². The number of furan rings is 1. The molecule has 1 aliphatic rings. The van der Waals surface area contributed by atoms with Crippen molar-refractivity contribution in [2.75, 3.05) is 11.9 Å². The van der Waals surface area contributed by atoms with E-state index in [1.807, 2.05) is 0 Å². The first kappa shape index (κ1) is 21.0. The molecule has 3 rings (SSSR count). The van der Waals surface area contributed by atoms with Gasteiger partial charge in [0.05, 0.1) is 6.26 Å². The second-order valence-electron chi connectivity index (χ2n) is 6.73. The molecule has 0 radical (unpaired) electrons. The van der Waals surface area contributed by atoms with Crippen molar-refractivity contribution in [1.29, 1.82) is 0 Å². The molecule has 7 heteroatoms. The zero-order valence-corrected chi connectivity index (χ0v) is 16.0. The lowest BCUT2D eigenvalue weighted by Gasteiger charge is -2.30. The standard InChI is InChI=1S/C20H25N3O3.ClH/c21-13-17(14-6-2-1-3-7-14)23-19(24)15-8-4-9-16(12-15)22-20(25)18-10-5-11-26-18;/h4-5,8-12,14,17H,1-3,6-7,13,21H2,(H,22,25)(H,23,24);1H. The molecule has 2 amide bonds. The van der Waals surface area contributed by atoms with Crippen molar-refractivity contribution in [2.24, 2.45) is 11.7 Å². The molecule has 1 heterocycles. The molecule has 1 unspecified atom stereocenters. The molecule has 1 aliphatic carbocycles. The highest BCUT2D eigenvalue weighted by Crippen LogP contribution is 2.26. The summed E-state index contributed by atoms with van der Waals surface area (Å²) < 4.78 is 5.07. The number of benzene rings is 1. The third-order valence-corrected chi connectivity index (χ3v) is 4.92. The summed E-state index contributed by atoms with van der Waals surface area (Å²) in [4.78, 5) is 24.7. The van der Waals surface area contributed by atoms with E-state index in [-0.39, 0.29) is 36.0 Å². The second kappa shape index (κ2) is 10.1. The monoisotopic (exact) mass is 391 g/mol. The van der Waals surface area contributed by atoms with Gasteiger partial charge < -0.3 is 20.8 Å². The minimum absolute atomic E-state index is 0. The molecule has 1 aromatic carbocycles. The van der Waals surface area contributed by atoms with Crippen LogP contribution in [0.1, 0.15) is 53.0 Å². The molecule has 1 aromatic heterocycles. The Morgan fingerprint density at radius 1 is 1.11 bits per heavy atom. The minimum Gasteiger partial charge on any atom is -0.459 e. The summed E-state index contributed by atoms with van der Waals surface area (Å²) in [7, 11) is 0. The zero-order chi connectivity index (χ0) is 18.4. The highest BCUT2D eigenvalue weighted by Gasteiger charge is 2.24. The van der Waals surface area contributed by atoms with E-state index in [0.29, 0.717) is 23.7 Å². The number of hydrogen-bond donors (Lipinski definition) is 3. The number of nitrogens with two attached hydrogens (primary N) is 1. The van der Waals surface area contributed by atoms with Gasteiger partial charge in [-0.3, -0.25) is 9.59 Å². The first-order valence-corrected chi connectivity index (χ1v) is 9.13. The van der Waals surface area contributed by atoms with Crippen molar-refractivity contribution in [3.05, 3.63) is 54.0 Å².